The lowest BCUT2D eigenvalue weighted by atomic mass is 10.0. The first-order valence-corrected chi connectivity index (χ1v) is 8.11. The molecule has 7 heteroatoms. The molecule has 2 aromatic rings. The van der Waals surface area contributed by atoms with Gasteiger partial charge in [0.1, 0.15) is 0 Å². The molecule has 1 N–H and O–H groups in total. The van der Waals surface area contributed by atoms with Crippen molar-refractivity contribution < 1.29 is 23.1 Å². The molecule has 0 aliphatic carbocycles. The van der Waals surface area contributed by atoms with E-state index in [1.165, 1.54) is 23.2 Å². The molecule has 0 fully saturated rings. The summed E-state index contributed by atoms with van der Waals surface area (Å²) >= 11 is 0. The summed E-state index contributed by atoms with van der Waals surface area (Å²) in [6.07, 6.45) is -4.31. The van der Waals surface area contributed by atoms with Crippen molar-refractivity contribution in [1.82, 2.24) is 5.01 Å². The van der Waals surface area contributed by atoms with Crippen molar-refractivity contribution in [3.63, 3.8) is 0 Å². The van der Waals surface area contributed by atoms with Crippen molar-refractivity contribution in [3.05, 3.63) is 70.8 Å². The lowest BCUT2D eigenvalue weighted by Crippen LogP contribution is -2.26. The Bertz CT molecular complexity index is 829. The van der Waals surface area contributed by atoms with Crippen LogP contribution in [0.25, 0.3) is 0 Å². The highest BCUT2D eigenvalue weighted by molar-refractivity contribution is 6.02. The molecule has 26 heavy (non-hydrogen) atoms. The van der Waals surface area contributed by atoms with Gasteiger partial charge in [0.05, 0.1) is 30.8 Å². The quantitative estimate of drug-likeness (QED) is 0.907. The maximum Gasteiger partial charge on any atom is 0.416 e. The molecule has 1 aliphatic heterocycles. The zero-order chi connectivity index (χ0) is 18.7. The van der Waals surface area contributed by atoms with Crippen LogP contribution in [0.15, 0.2) is 53.6 Å². The molecule has 0 saturated heterocycles. The molecule has 1 heterocycles. The number of hydrogen-bond donors (Lipinski definition) is 1. The molecule has 3 rings (SSSR count). The van der Waals surface area contributed by atoms with Gasteiger partial charge in [-0.3, -0.25) is 4.79 Å². The van der Waals surface area contributed by atoms with Crippen molar-refractivity contribution in [2.24, 2.45) is 5.10 Å². The molecule has 136 valence electrons. The molecule has 0 radical (unpaired) electrons. The van der Waals surface area contributed by atoms with Crippen LogP contribution >= 0.6 is 0 Å². The number of hydrogen-bond acceptors (Lipinski definition) is 3. The number of benzene rings is 2. The Labute approximate surface area is 148 Å². The van der Waals surface area contributed by atoms with Crippen molar-refractivity contribution in [2.75, 3.05) is 6.54 Å². The van der Waals surface area contributed by atoms with Gasteiger partial charge in [-0.25, -0.2) is 5.01 Å². The van der Waals surface area contributed by atoms with Crippen molar-refractivity contribution in [2.45, 2.75) is 25.6 Å². The first kappa shape index (κ1) is 18.1. The Kier molecular flexibility index (Phi) is 5.08. The van der Waals surface area contributed by atoms with Gasteiger partial charge in [-0.2, -0.15) is 18.3 Å². The molecular weight excluding hydrogens is 345 g/mol. The summed E-state index contributed by atoms with van der Waals surface area (Å²) in [6, 6.07) is 12.2. The zero-order valence-electron chi connectivity index (χ0n) is 13.8. The highest BCUT2D eigenvalue weighted by atomic mass is 19.4. The first-order chi connectivity index (χ1) is 12.4. The molecule has 0 atom stereocenters. The van der Waals surface area contributed by atoms with Crippen molar-refractivity contribution in [1.29, 1.82) is 0 Å². The number of aliphatic hydroxyl groups is 1. The third kappa shape index (κ3) is 3.94. The van der Waals surface area contributed by atoms with Crippen LogP contribution in [0.3, 0.4) is 0 Å². The second-order valence-corrected chi connectivity index (χ2v) is 6.00. The molecule has 0 unspecified atom stereocenters. The number of amides is 1. The minimum atomic E-state index is -4.50. The number of rotatable bonds is 4. The number of halogens is 3. The van der Waals surface area contributed by atoms with Gasteiger partial charge in [0.15, 0.2) is 0 Å². The Morgan fingerprint density at radius 1 is 1.12 bits per heavy atom. The zero-order valence-corrected chi connectivity index (χ0v) is 13.8. The monoisotopic (exact) mass is 362 g/mol. The Hall–Kier alpha value is -2.67. The standard InChI is InChI=1S/C19H17F3N2O2/c20-19(21,22)16-4-2-1-3-15(16)11-18(26)24-10-9-17(23-24)14-7-5-13(12-25)6-8-14/h1-8,25H,9-12H2. The van der Waals surface area contributed by atoms with Gasteiger partial charge in [0.2, 0.25) is 5.91 Å². The number of aliphatic hydroxyl groups excluding tert-OH is 1. The van der Waals surface area contributed by atoms with E-state index in [-0.39, 0.29) is 18.6 Å². The number of alkyl halides is 3. The number of hydrazone groups is 1. The van der Waals surface area contributed by atoms with E-state index >= 15 is 0 Å². The summed E-state index contributed by atoms with van der Waals surface area (Å²) < 4.78 is 39.2. The van der Waals surface area contributed by atoms with Gasteiger partial charge in [0.25, 0.3) is 0 Å². The van der Waals surface area contributed by atoms with Crippen LogP contribution in [0.2, 0.25) is 0 Å². The minimum absolute atomic E-state index is 0.0547. The SMILES string of the molecule is O=C(Cc1ccccc1C(F)(F)F)N1CCC(c2ccc(CO)cc2)=N1. The lowest BCUT2D eigenvalue weighted by Gasteiger charge is -2.15. The molecule has 4 nitrogen and oxygen atoms in total. The van der Waals surface area contributed by atoms with Crippen LogP contribution in [0.4, 0.5) is 13.2 Å². The second-order valence-electron chi connectivity index (χ2n) is 6.00. The first-order valence-electron chi connectivity index (χ1n) is 8.11. The van der Waals surface area contributed by atoms with E-state index < -0.39 is 17.6 Å². The maximum absolute atomic E-state index is 13.1. The summed E-state index contributed by atoms with van der Waals surface area (Å²) in [4.78, 5) is 12.4. The van der Waals surface area contributed by atoms with E-state index in [1.807, 2.05) is 0 Å². The van der Waals surface area contributed by atoms with Crippen LogP contribution in [-0.2, 0) is 24.0 Å². The highest BCUT2D eigenvalue weighted by Crippen LogP contribution is 2.32. The smallest absolute Gasteiger partial charge is 0.392 e. The van der Waals surface area contributed by atoms with Crippen LogP contribution in [-0.4, -0.2) is 28.3 Å². The van der Waals surface area contributed by atoms with Crippen molar-refractivity contribution >= 4 is 11.6 Å². The largest absolute Gasteiger partial charge is 0.416 e. The van der Waals surface area contributed by atoms with E-state index in [0.717, 1.165) is 17.2 Å². The fourth-order valence-corrected chi connectivity index (χ4v) is 2.85. The number of carbonyl (C=O) groups excluding carboxylic acids is 1. The molecular formula is C19H17F3N2O2. The van der Waals surface area contributed by atoms with E-state index in [1.54, 1.807) is 24.3 Å². The molecule has 1 aliphatic rings. The van der Waals surface area contributed by atoms with Crippen molar-refractivity contribution in [3.8, 4) is 0 Å². The summed E-state index contributed by atoms with van der Waals surface area (Å²) in [5.41, 5.74) is 1.45. The van der Waals surface area contributed by atoms with Gasteiger partial charge in [-0.05, 0) is 22.8 Å². The van der Waals surface area contributed by atoms with E-state index in [9.17, 15) is 18.0 Å². The Morgan fingerprint density at radius 3 is 2.46 bits per heavy atom. The molecule has 0 spiro atoms. The highest BCUT2D eigenvalue weighted by Gasteiger charge is 2.34. The van der Waals surface area contributed by atoms with Gasteiger partial charge in [0, 0.05) is 6.42 Å². The fourth-order valence-electron chi connectivity index (χ4n) is 2.85. The summed E-state index contributed by atoms with van der Waals surface area (Å²) in [6.45, 7) is 0.278. The number of carbonyl (C=O) groups is 1. The van der Waals surface area contributed by atoms with Crippen LogP contribution < -0.4 is 0 Å². The predicted octanol–water partition coefficient (Wildman–Crippen LogP) is 3.38. The van der Waals surface area contributed by atoms with Gasteiger partial charge in [-0.15, -0.1) is 0 Å². The molecule has 2 aromatic carbocycles. The molecule has 0 saturated carbocycles. The second kappa shape index (κ2) is 7.29. The molecule has 0 bridgehead atoms. The van der Waals surface area contributed by atoms with Crippen LogP contribution in [0.5, 0.6) is 0 Å². The normalized spacial score (nSPS) is 14.5. The summed E-state index contributed by atoms with van der Waals surface area (Å²) in [7, 11) is 0. The predicted molar refractivity (Wildman–Crippen MR) is 90.4 cm³/mol. The van der Waals surface area contributed by atoms with Gasteiger partial charge >= 0.3 is 6.18 Å². The minimum Gasteiger partial charge on any atom is -0.392 e. The summed E-state index contributed by atoms with van der Waals surface area (Å²) in [5, 5.41) is 14.5. The van der Waals surface area contributed by atoms with Gasteiger partial charge < -0.3 is 5.11 Å². The maximum atomic E-state index is 13.1. The third-order valence-electron chi connectivity index (χ3n) is 4.22. The Balaban J connectivity index is 1.74. The Morgan fingerprint density at radius 2 is 1.81 bits per heavy atom. The molecule has 0 aromatic heterocycles. The van der Waals surface area contributed by atoms with E-state index in [2.05, 4.69) is 5.10 Å². The average molecular weight is 362 g/mol. The fraction of sp³-hybridized carbons (Fsp3) is 0.263. The molecule has 1 amide bonds. The van der Waals surface area contributed by atoms with E-state index in [4.69, 9.17) is 5.11 Å². The number of nitrogens with zero attached hydrogens (tertiary/aromatic N) is 2. The lowest BCUT2D eigenvalue weighted by molar-refractivity contribution is -0.138. The van der Waals surface area contributed by atoms with Crippen LogP contribution in [0, 0.1) is 0 Å². The average Bonchev–Trinajstić information content (AvgIpc) is 3.11. The topological polar surface area (TPSA) is 52.9 Å². The third-order valence-corrected chi connectivity index (χ3v) is 4.22. The van der Waals surface area contributed by atoms with Gasteiger partial charge in [-0.1, -0.05) is 42.5 Å². The summed E-state index contributed by atoms with van der Waals surface area (Å²) in [5.74, 6) is -0.469. The van der Waals surface area contributed by atoms with E-state index in [0.29, 0.717) is 18.7 Å². The van der Waals surface area contributed by atoms with Crippen LogP contribution in [0.1, 0.15) is 28.7 Å².